The fraction of sp³-hybridized carbons (Fsp3) is 0.850. The summed E-state index contributed by atoms with van der Waals surface area (Å²) >= 11 is 0. The summed E-state index contributed by atoms with van der Waals surface area (Å²) in [6.45, 7) is 4.19. The van der Waals surface area contributed by atoms with E-state index in [0.29, 0.717) is 12.8 Å². The topological polar surface area (TPSA) is 37.3 Å². The Hall–Kier alpha value is -0.630. The van der Waals surface area contributed by atoms with E-state index in [1.165, 1.54) is 56.9 Å². The van der Waals surface area contributed by atoms with Crippen LogP contribution in [-0.4, -0.2) is 17.0 Å². The summed E-state index contributed by atoms with van der Waals surface area (Å²) in [4.78, 5) is 11.7. The minimum Gasteiger partial charge on any atom is -0.393 e. The number of rotatable bonds is 12. The second-order valence-corrected chi connectivity index (χ2v) is 6.98. The van der Waals surface area contributed by atoms with Gasteiger partial charge in [0.15, 0.2) is 5.78 Å². The van der Waals surface area contributed by atoms with E-state index in [0.717, 1.165) is 31.3 Å². The van der Waals surface area contributed by atoms with Crippen molar-refractivity contribution in [1.82, 2.24) is 0 Å². The lowest BCUT2D eigenvalue weighted by Crippen LogP contribution is -2.14. The van der Waals surface area contributed by atoms with Gasteiger partial charge in [-0.2, -0.15) is 0 Å². The molecule has 1 rings (SSSR count). The van der Waals surface area contributed by atoms with Crippen molar-refractivity contribution in [3.8, 4) is 0 Å². The maximum atomic E-state index is 11.7. The third-order valence-electron chi connectivity index (χ3n) is 4.95. The third kappa shape index (κ3) is 8.12. The number of aliphatic hydroxyl groups excluding tert-OH is 1. The Kier molecular flexibility index (Phi) is 10.5. The van der Waals surface area contributed by atoms with Crippen molar-refractivity contribution in [2.75, 3.05) is 0 Å². The summed E-state index contributed by atoms with van der Waals surface area (Å²) in [7, 11) is 0. The summed E-state index contributed by atoms with van der Waals surface area (Å²) in [6, 6.07) is 0. The van der Waals surface area contributed by atoms with Gasteiger partial charge in [0.2, 0.25) is 0 Å². The SMILES string of the molecule is CCCCCCCCCCCC(O)CC1=C(C)C(=O)CCC1. The van der Waals surface area contributed by atoms with Crippen LogP contribution in [0.5, 0.6) is 0 Å². The number of hydrogen-bond acceptors (Lipinski definition) is 2. The second-order valence-electron chi connectivity index (χ2n) is 6.98. The number of Topliss-reactive ketones (excluding diaryl/α,β-unsaturated/α-hetero) is 1. The van der Waals surface area contributed by atoms with Crippen LogP contribution in [0, 0.1) is 0 Å². The molecule has 0 saturated heterocycles. The molecule has 22 heavy (non-hydrogen) atoms. The second kappa shape index (κ2) is 11.9. The summed E-state index contributed by atoms with van der Waals surface area (Å²) in [5, 5.41) is 10.2. The molecule has 0 aromatic carbocycles. The van der Waals surface area contributed by atoms with Crippen molar-refractivity contribution in [1.29, 1.82) is 0 Å². The van der Waals surface area contributed by atoms with E-state index < -0.39 is 0 Å². The van der Waals surface area contributed by atoms with Crippen LogP contribution in [0.25, 0.3) is 0 Å². The molecule has 0 aromatic heterocycles. The molecule has 0 spiro atoms. The lowest BCUT2D eigenvalue weighted by atomic mass is 9.87. The fourth-order valence-electron chi connectivity index (χ4n) is 3.37. The Bertz CT molecular complexity index is 344. The maximum Gasteiger partial charge on any atom is 0.158 e. The third-order valence-corrected chi connectivity index (χ3v) is 4.95. The first-order valence-electron chi connectivity index (χ1n) is 9.55. The van der Waals surface area contributed by atoms with E-state index in [1.54, 1.807) is 0 Å². The summed E-state index contributed by atoms with van der Waals surface area (Å²) in [5.74, 6) is 0.288. The van der Waals surface area contributed by atoms with Gasteiger partial charge in [-0.3, -0.25) is 4.79 Å². The quantitative estimate of drug-likeness (QED) is 0.468. The highest BCUT2D eigenvalue weighted by Gasteiger charge is 2.18. The lowest BCUT2D eigenvalue weighted by molar-refractivity contribution is -0.116. The highest BCUT2D eigenvalue weighted by atomic mass is 16.3. The van der Waals surface area contributed by atoms with Gasteiger partial charge in [0.05, 0.1) is 6.10 Å². The zero-order valence-electron chi connectivity index (χ0n) is 14.8. The van der Waals surface area contributed by atoms with Gasteiger partial charge in [0.1, 0.15) is 0 Å². The molecule has 1 aliphatic rings. The monoisotopic (exact) mass is 308 g/mol. The molecule has 0 radical (unpaired) electrons. The van der Waals surface area contributed by atoms with Crippen LogP contribution in [0.3, 0.4) is 0 Å². The Morgan fingerprint density at radius 1 is 0.955 bits per heavy atom. The Balaban J connectivity index is 2.03. The molecule has 0 saturated carbocycles. The minimum atomic E-state index is -0.250. The van der Waals surface area contributed by atoms with Crippen molar-refractivity contribution < 1.29 is 9.90 Å². The maximum absolute atomic E-state index is 11.7. The van der Waals surface area contributed by atoms with Crippen LogP contribution < -0.4 is 0 Å². The largest absolute Gasteiger partial charge is 0.393 e. The molecule has 1 N–H and O–H groups in total. The van der Waals surface area contributed by atoms with Crippen molar-refractivity contribution in [2.24, 2.45) is 0 Å². The Morgan fingerprint density at radius 3 is 2.18 bits per heavy atom. The molecular formula is C20H36O2. The number of ketones is 1. The van der Waals surface area contributed by atoms with Gasteiger partial charge in [0.25, 0.3) is 0 Å². The molecule has 2 heteroatoms. The summed E-state index contributed by atoms with van der Waals surface area (Å²) < 4.78 is 0. The average Bonchev–Trinajstić information content (AvgIpc) is 2.50. The van der Waals surface area contributed by atoms with E-state index >= 15 is 0 Å². The van der Waals surface area contributed by atoms with Crippen molar-refractivity contribution in [3.05, 3.63) is 11.1 Å². The van der Waals surface area contributed by atoms with E-state index in [4.69, 9.17) is 0 Å². The molecule has 2 nitrogen and oxygen atoms in total. The van der Waals surface area contributed by atoms with Gasteiger partial charge in [-0.1, -0.05) is 70.3 Å². The van der Waals surface area contributed by atoms with Gasteiger partial charge in [-0.05, 0) is 38.2 Å². The van der Waals surface area contributed by atoms with Crippen LogP contribution in [0.1, 0.15) is 104 Å². The van der Waals surface area contributed by atoms with E-state index in [9.17, 15) is 9.90 Å². The van der Waals surface area contributed by atoms with Gasteiger partial charge in [0, 0.05) is 6.42 Å². The van der Waals surface area contributed by atoms with Gasteiger partial charge >= 0.3 is 0 Å². The van der Waals surface area contributed by atoms with Crippen LogP contribution in [0.4, 0.5) is 0 Å². The molecule has 0 aromatic rings. The first-order chi connectivity index (χ1) is 10.6. The first kappa shape index (κ1) is 19.4. The standard InChI is InChI=1S/C20H36O2/c1-3-4-5-6-7-8-9-10-11-14-19(21)16-18-13-12-15-20(22)17(18)2/h19,21H,3-16H2,1-2H3. The molecule has 0 fully saturated rings. The first-order valence-corrected chi connectivity index (χ1v) is 9.55. The molecule has 128 valence electrons. The molecule has 0 amide bonds. The molecule has 0 bridgehead atoms. The Labute approximate surface area is 137 Å². The number of aliphatic hydroxyl groups is 1. The van der Waals surface area contributed by atoms with Crippen molar-refractivity contribution in [3.63, 3.8) is 0 Å². The van der Waals surface area contributed by atoms with Crippen LogP contribution in [0.15, 0.2) is 11.1 Å². The number of carbonyl (C=O) groups is 1. The summed E-state index contributed by atoms with van der Waals surface area (Å²) in [6.07, 6.45) is 15.9. The molecule has 0 heterocycles. The molecule has 1 atom stereocenters. The van der Waals surface area contributed by atoms with E-state index in [1.807, 2.05) is 6.92 Å². The number of unbranched alkanes of at least 4 members (excludes halogenated alkanes) is 8. The average molecular weight is 309 g/mol. The van der Waals surface area contributed by atoms with Crippen molar-refractivity contribution in [2.45, 2.75) is 110 Å². The molecule has 0 aliphatic heterocycles. The zero-order valence-corrected chi connectivity index (χ0v) is 14.8. The number of allylic oxidation sites excluding steroid dienone is 1. The van der Waals surface area contributed by atoms with E-state index in [2.05, 4.69) is 6.92 Å². The molecule has 1 unspecified atom stereocenters. The predicted molar refractivity (Wildman–Crippen MR) is 94.0 cm³/mol. The Morgan fingerprint density at radius 2 is 1.55 bits per heavy atom. The number of carbonyl (C=O) groups excluding carboxylic acids is 1. The van der Waals surface area contributed by atoms with Gasteiger partial charge in [-0.25, -0.2) is 0 Å². The van der Waals surface area contributed by atoms with Gasteiger partial charge in [-0.15, -0.1) is 0 Å². The molecular weight excluding hydrogens is 272 g/mol. The highest BCUT2D eigenvalue weighted by Crippen LogP contribution is 2.26. The predicted octanol–water partition coefficient (Wildman–Crippen LogP) is 5.73. The highest BCUT2D eigenvalue weighted by molar-refractivity contribution is 5.96. The van der Waals surface area contributed by atoms with Crippen LogP contribution in [0.2, 0.25) is 0 Å². The van der Waals surface area contributed by atoms with Crippen LogP contribution in [-0.2, 0) is 4.79 Å². The smallest absolute Gasteiger partial charge is 0.158 e. The van der Waals surface area contributed by atoms with E-state index in [-0.39, 0.29) is 11.9 Å². The normalized spacial score (nSPS) is 17.1. The fourth-order valence-corrected chi connectivity index (χ4v) is 3.37. The minimum absolute atomic E-state index is 0.250. The van der Waals surface area contributed by atoms with Crippen molar-refractivity contribution >= 4 is 5.78 Å². The molecule has 1 aliphatic carbocycles. The zero-order chi connectivity index (χ0) is 16.2. The van der Waals surface area contributed by atoms with Gasteiger partial charge < -0.3 is 5.11 Å². The number of hydrogen-bond donors (Lipinski definition) is 1. The lowest BCUT2D eigenvalue weighted by Gasteiger charge is -2.19. The summed E-state index contributed by atoms with van der Waals surface area (Å²) in [5.41, 5.74) is 2.14. The van der Waals surface area contributed by atoms with Crippen LogP contribution >= 0.6 is 0 Å².